The van der Waals surface area contributed by atoms with E-state index in [1.165, 1.54) is 39.4 Å². The van der Waals surface area contributed by atoms with Crippen LogP contribution < -0.4 is 10.4 Å². The molecule has 0 N–H and O–H groups in total. The van der Waals surface area contributed by atoms with E-state index in [-0.39, 0.29) is 5.04 Å². The van der Waals surface area contributed by atoms with Crippen molar-refractivity contribution in [2.24, 2.45) is 0 Å². The van der Waals surface area contributed by atoms with E-state index >= 15 is 0 Å². The molecule has 1 heterocycles. The predicted molar refractivity (Wildman–Crippen MR) is 141 cm³/mol. The molecule has 3 aromatic carbocycles. The van der Waals surface area contributed by atoms with Crippen LogP contribution in [0.3, 0.4) is 0 Å². The number of thioether (sulfide) groups is 2. The Balaban J connectivity index is 1.64. The lowest BCUT2D eigenvalue weighted by atomic mass is 10.2. The lowest BCUT2D eigenvalue weighted by Crippen LogP contribution is -2.66. The van der Waals surface area contributed by atoms with Crippen LogP contribution in [0.4, 0.5) is 0 Å². The minimum Gasteiger partial charge on any atom is -0.403 e. The van der Waals surface area contributed by atoms with Crippen LogP contribution in [0.25, 0.3) is 0 Å². The molecule has 3 aromatic rings. The maximum Gasteiger partial charge on any atom is 0.261 e. The van der Waals surface area contributed by atoms with E-state index in [9.17, 15) is 0 Å². The maximum atomic E-state index is 7.07. The lowest BCUT2D eigenvalue weighted by molar-refractivity contribution is 0.286. The van der Waals surface area contributed by atoms with Crippen LogP contribution in [0, 0.1) is 0 Å². The first kappa shape index (κ1) is 22.7. The maximum absolute atomic E-state index is 7.07. The van der Waals surface area contributed by atoms with Crippen LogP contribution in [0.2, 0.25) is 5.04 Å². The summed E-state index contributed by atoms with van der Waals surface area (Å²) in [5, 5.41) is 2.67. The highest BCUT2D eigenvalue weighted by Gasteiger charge is 2.50. The molecule has 4 heteroatoms. The van der Waals surface area contributed by atoms with Crippen molar-refractivity contribution in [1.82, 2.24) is 0 Å². The van der Waals surface area contributed by atoms with Gasteiger partial charge in [0.1, 0.15) is 0 Å². The van der Waals surface area contributed by atoms with E-state index in [0.29, 0.717) is 11.2 Å². The fourth-order valence-corrected chi connectivity index (χ4v) is 11.8. The summed E-state index contributed by atoms with van der Waals surface area (Å²) in [5.74, 6) is 2.55. The molecule has 0 unspecified atom stereocenters. The highest BCUT2D eigenvalue weighted by Crippen LogP contribution is 2.43. The van der Waals surface area contributed by atoms with E-state index in [4.69, 9.17) is 4.43 Å². The Morgan fingerprint density at radius 2 is 1.29 bits per heavy atom. The molecule has 0 radical (unpaired) electrons. The Kier molecular flexibility index (Phi) is 7.32. The highest BCUT2D eigenvalue weighted by molar-refractivity contribution is 8.16. The van der Waals surface area contributed by atoms with E-state index in [2.05, 4.69) is 129 Å². The van der Waals surface area contributed by atoms with Gasteiger partial charge in [-0.15, -0.1) is 23.5 Å². The van der Waals surface area contributed by atoms with Crippen LogP contribution in [0.1, 0.15) is 42.9 Å². The molecule has 1 aliphatic heterocycles. The average molecular weight is 465 g/mol. The minimum atomic E-state index is -2.49. The summed E-state index contributed by atoms with van der Waals surface area (Å²) < 4.78 is 7.65. The molecule has 0 amide bonds. The van der Waals surface area contributed by atoms with Gasteiger partial charge in [0.15, 0.2) is 0 Å². The summed E-state index contributed by atoms with van der Waals surface area (Å²) in [6.07, 6.45) is 1.33. The van der Waals surface area contributed by atoms with Crippen LogP contribution in [-0.4, -0.2) is 19.8 Å². The molecule has 4 rings (SSSR count). The summed E-state index contributed by atoms with van der Waals surface area (Å²) in [7, 11) is -2.49. The first-order valence-electron chi connectivity index (χ1n) is 11.1. The van der Waals surface area contributed by atoms with Gasteiger partial charge < -0.3 is 4.43 Å². The first-order valence-corrected chi connectivity index (χ1v) is 15.1. The molecule has 0 atom stereocenters. The summed E-state index contributed by atoms with van der Waals surface area (Å²) in [6.45, 7) is 7.64. The van der Waals surface area contributed by atoms with Gasteiger partial charge in [-0.3, -0.25) is 0 Å². The normalized spacial score (nSPS) is 15.7. The van der Waals surface area contributed by atoms with Crippen LogP contribution in [0.15, 0.2) is 84.9 Å². The van der Waals surface area contributed by atoms with Gasteiger partial charge in [0.05, 0.1) is 11.2 Å². The van der Waals surface area contributed by atoms with Crippen molar-refractivity contribution in [2.75, 3.05) is 11.5 Å². The van der Waals surface area contributed by atoms with Gasteiger partial charge >= 0.3 is 0 Å². The van der Waals surface area contributed by atoms with Gasteiger partial charge in [-0.05, 0) is 44.5 Å². The molecule has 1 aliphatic rings. The van der Waals surface area contributed by atoms with Gasteiger partial charge in [0.25, 0.3) is 8.32 Å². The minimum absolute atomic E-state index is 0.00498. The number of benzene rings is 3. The van der Waals surface area contributed by atoms with Gasteiger partial charge in [0.2, 0.25) is 0 Å². The molecule has 31 heavy (non-hydrogen) atoms. The fraction of sp³-hybridized carbons (Fsp3) is 0.333. The molecule has 0 spiro atoms. The van der Waals surface area contributed by atoms with E-state index in [1.807, 2.05) is 0 Å². The first-order chi connectivity index (χ1) is 15.0. The summed E-state index contributed by atoms with van der Waals surface area (Å²) in [4.78, 5) is 0. The van der Waals surface area contributed by atoms with Crippen molar-refractivity contribution in [3.05, 3.63) is 96.1 Å². The summed E-state index contributed by atoms with van der Waals surface area (Å²) in [6, 6.07) is 30.9. The molecule has 0 saturated carbocycles. The predicted octanol–water partition coefficient (Wildman–Crippen LogP) is 6.63. The number of hydrogen-bond donors (Lipinski definition) is 0. The van der Waals surface area contributed by atoms with Crippen molar-refractivity contribution in [3.63, 3.8) is 0 Å². The van der Waals surface area contributed by atoms with Gasteiger partial charge in [0, 0.05) is 0 Å². The van der Waals surface area contributed by atoms with E-state index in [1.54, 1.807) is 0 Å². The Morgan fingerprint density at radius 1 is 0.774 bits per heavy atom. The van der Waals surface area contributed by atoms with Crippen molar-refractivity contribution in [3.8, 4) is 0 Å². The van der Waals surface area contributed by atoms with Crippen molar-refractivity contribution in [1.29, 1.82) is 0 Å². The zero-order valence-corrected chi connectivity index (χ0v) is 21.3. The molecule has 1 saturated heterocycles. The molecule has 1 nitrogen and oxygen atoms in total. The zero-order valence-electron chi connectivity index (χ0n) is 18.7. The fourth-order valence-electron chi connectivity index (χ4n) is 4.40. The van der Waals surface area contributed by atoms with E-state index < -0.39 is 8.32 Å². The van der Waals surface area contributed by atoms with Crippen molar-refractivity contribution in [2.45, 2.75) is 43.4 Å². The molecule has 162 valence electrons. The molecule has 0 bridgehead atoms. The Labute approximate surface area is 197 Å². The second kappa shape index (κ2) is 9.99. The second-order valence-corrected chi connectivity index (χ2v) is 16.2. The number of hydrogen-bond acceptors (Lipinski definition) is 3. The van der Waals surface area contributed by atoms with Gasteiger partial charge in [-0.2, -0.15) is 0 Å². The summed E-state index contributed by atoms with van der Waals surface area (Å²) in [5.41, 5.74) is 2.69. The quantitative estimate of drug-likeness (QED) is 0.379. The molecular weight excluding hydrogens is 433 g/mol. The van der Waals surface area contributed by atoms with Crippen molar-refractivity contribution < 1.29 is 4.43 Å². The third-order valence-corrected chi connectivity index (χ3v) is 13.9. The average Bonchev–Trinajstić information content (AvgIpc) is 2.81. The largest absolute Gasteiger partial charge is 0.403 e. The second-order valence-electron chi connectivity index (χ2n) is 9.12. The highest BCUT2D eigenvalue weighted by atomic mass is 32.2. The molecular formula is C27H32OS2Si. The zero-order chi connectivity index (χ0) is 21.7. The molecule has 1 fully saturated rings. The number of rotatable bonds is 6. The van der Waals surface area contributed by atoms with Crippen molar-refractivity contribution >= 4 is 42.2 Å². The Hall–Kier alpha value is -1.46. The SMILES string of the molecule is CC(C)(C)[Si](OCc1ccc(C2SCCCS2)cc1)(c1ccccc1)c1ccccc1. The third-order valence-electron chi connectivity index (χ3n) is 5.95. The Morgan fingerprint density at radius 3 is 1.77 bits per heavy atom. The van der Waals surface area contributed by atoms with Gasteiger partial charge in [-0.1, -0.05) is 106 Å². The smallest absolute Gasteiger partial charge is 0.261 e. The van der Waals surface area contributed by atoms with Crippen LogP contribution >= 0.6 is 23.5 Å². The van der Waals surface area contributed by atoms with E-state index in [0.717, 1.165) is 0 Å². The topological polar surface area (TPSA) is 9.23 Å². The van der Waals surface area contributed by atoms with Gasteiger partial charge in [-0.25, -0.2) is 0 Å². The van der Waals surface area contributed by atoms with Crippen LogP contribution in [0.5, 0.6) is 0 Å². The monoisotopic (exact) mass is 464 g/mol. The summed E-state index contributed by atoms with van der Waals surface area (Å²) >= 11 is 4.15. The standard InChI is InChI=1S/C27H32OS2Si/c1-27(2,3)31(24-11-6-4-7-12-24,25-13-8-5-9-14-25)28-21-22-15-17-23(18-16-22)26-29-19-10-20-30-26/h4-9,11-18,26H,10,19-21H2,1-3H3. The Bertz CT molecular complexity index is 907. The lowest BCUT2D eigenvalue weighted by Gasteiger charge is -2.43. The molecule has 0 aliphatic carbocycles. The van der Waals surface area contributed by atoms with Crippen LogP contribution in [-0.2, 0) is 11.0 Å². The molecule has 0 aromatic heterocycles. The third kappa shape index (κ3) is 4.98.